The van der Waals surface area contributed by atoms with E-state index in [1.165, 1.54) is 21.9 Å². The van der Waals surface area contributed by atoms with Crippen LogP contribution in [-0.2, 0) is 6.42 Å². The zero-order valence-electron chi connectivity index (χ0n) is 10.8. The summed E-state index contributed by atoms with van der Waals surface area (Å²) in [6.07, 6.45) is 0.901. The van der Waals surface area contributed by atoms with Crippen molar-refractivity contribution in [3.05, 3.63) is 22.9 Å². The number of nitrogens with zero attached hydrogens (tertiary/aromatic N) is 2. The lowest BCUT2D eigenvalue weighted by molar-refractivity contribution is 0.345. The molecule has 5 heteroatoms. The average Bonchev–Trinajstić information content (AvgIpc) is 2.91. The number of nitrogens with two attached hydrogens (primary N) is 1. The average molecular weight is 271 g/mol. The van der Waals surface area contributed by atoms with Gasteiger partial charge in [0.2, 0.25) is 5.88 Å². The van der Waals surface area contributed by atoms with Gasteiger partial charge in [0.25, 0.3) is 0 Å². The predicted octanol–water partition coefficient (Wildman–Crippen LogP) is 2.98. The van der Waals surface area contributed by atoms with Gasteiger partial charge in [0.15, 0.2) is 0 Å². The number of hydrogen-bond donors (Lipinski definition) is 1. The number of anilines is 1. The zero-order chi connectivity index (χ0) is 13.1. The van der Waals surface area contributed by atoms with Crippen molar-refractivity contribution in [2.24, 2.45) is 0 Å². The number of thiophene rings is 1. The van der Waals surface area contributed by atoms with Gasteiger partial charge in [-0.3, -0.25) is 0 Å². The molecule has 0 fully saturated rings. The fourth-order valence-corrected chi connectivity index (χ4v) is 4.07. The molecule has 4 rings (SSSR count). The molecule has 0 radical (unpaired) electrons. The van der Waals surface area contributed by atoms with Crippen LogP contribution in [0.4, 0.5) is 5.82 Å². The Morgan fingerprint density at radius 2 is 2.11 bits per heavy atom. The quantitative estimate of drug-likeness (QED) is 0.683. The minimum absolute atomic E-state index is 0.552. The van der Waals surface area contributed by atoms with E-state index < -0.39 is 0 Å². The summed E-state index contributed by atoms with van der Waals surface area (Å²) in [6.45, 7) is 4.84. The molecule has 0 atom stereocenters. The Morgan fingerprint density at radius 1 is 1.26 bits per heavy atom. The molecule has 0 aliphatic carbocycles. The van der Waals surface area contributed by atoms with Crippen molar-refractivity contribution in [2.45, 2.75) is 20.3 Å². The number of ether oxygens (including phenoxy) is 1. The molecule has 2 N–H and O–H groups in total. The zero-order valence-corrected chi connectivity index (χ0v) is 11.6. The van der Waals surface area contributed by atoms with Crippen LogP contribution in [0.2, 0.25) is 0 Å². The highest BCUT2D eigenvalue weighted by Crippen LogP contribution is 2.43. The third kappa shape index (κ3) is 1.39. The van der Waals surface area contributed by atoms with Crippen LogP contribution in [-0.4, -0.2) is 16.6 Å². The van der Waals surface area contributed by atoms with Crippen molar-refractivity contribution in [3.63, 3.8) is 0 Å². The summed E-state index contributed by atoms with van der Waals surface area (Å²) in [5, 5.41) is 2.41. The third-order valence-corrected chi connectivity index (χ3v) is 4.70. The van der Waals surface area contributed by atoms with Crippen LogP contribution in [0.25, 0.3) is 20.3 Å². The summed E-state index contributed by atoms with van der Waals surface area (Å²) in [4.78, 5) is 10.0. The van der Waals surface area contributed by atoms with E-state index in [0.29, 0.717) is 18.3 Å². The summed E-state index contributed by atoms with van der Waals surface area (Å²) >= 11 is 1.63. The van der Waals surface area contributed by atoms with E-state index in [-0.39, 0.29) is 0 Å². The molecule has 0 unspecified atom stereocenters. The standard InChI is InChI=1S/C14H13N3OS/c1-6-5-7(2)16-14-9(6)10-8-3-4-18-13(8)17-12(15)11(10)19-14/h5H,3-4H2,1-2H3,(H2,15,17). The molecule has 3 aromatic rings. The second-order valence-corrected chi connectivity index (χ2v) is 5.95. The number of fused-ring (bicyclic) bond motifs is 5. The fourth-order valence-electron chi connectivity index (χ4n) is 2.85. The Kier molecular flexibility index (Phi) is 2.07. The summed E-state index contributed by atoms with van der Waals surface area (Å²) < 4.78 is 6.60. The summed E-state index contributed by atoms with van der Waals surface area (Å²) in [5.74, 6) is 1.25. The van der Waals surface area contributed by atoms with Crippen molar-refractivity contribution in [2.75, 3.05) is 12.3 Å². The van der Waals surface area contributed by atoms with Gasteiger partial charge in [0, 0.05) is 28.5 Å². The maximum atomic E-state index is 6.07. The van der Waals surface area contributed by atoms with E-state index in [4.69, 9.17) is 10.5 Å². The molecule has 0 saturated heterocycles. The Bertz CT molecular complexity index is 838. The molecule has 0 aromatic carbocycles. The number of hydrogen-bond acceptors (Lipinski definition) is 5. The van der Waals surface area contributed by atoms with Gasteiger partial charge in [-0.2, -0.15) is 4.98 Å². The lowest BCUT2D eigenvalue weighted by Gasteiger charge is -2.04. The fraction of sp³-hybridized carbons (Fsp3) is 0.286. The first-order valence-electron chi connectivity index (χ1n) is 6.27. The molecule has 4 heterocycles. The van der Waals surface area contributed by atoms with E-state index in [1.54, 1.807) is 11.3 Å². The van der Waals surface area contributed by atoms with E-state index in [1.807, 2.05) is 6.92 Å². The number of aryl methyl sites for hydroxylation is 2. The van der Waals surface area contributed by atoms with Gasteiger partial charge in [-0.1, -0.05) is 0 Å². The van der Waals surface area contributed by atoms with E-state index in [2.05, 4.69) is 23.0 Å². The second-order valence-electron chi connectivity index (χ2n) is 4.95. The van der Waals surface area contributed by atoms with Crippen molar-refractivity contribution >= 4 is 37.5 Å². The van der Waals surface area contributed by atoms with Gasteiger partial charge in [0.05, 0.1) is 11.3 Å². The van der Waals surface area contributed by atoms with E-state index >= 15 is 0 Å². The van der Waals surface area contributed by atoms with Crippen LogP contribution < -0.4 is 10.5 Å². The van der Waals surface area contributed by atoms with Gasteiger partial charge < -0.3 is 10.5 Å². The second kappa shape index (κ2) is 3.57. The number of rotatable bonds is 0. The Morgan fingerprint density at radius 3 is 2.95 bits per heavy atom. The van der Waals surface area contributed by atoms with Crippen molar-refractivity contribution in [1.29, 1.82) is 0 Å². The first-order chi connectivity index (χ1) is 9.15. The van der Waals surface area contributed by atoms with Crippen LogP contribution in [0.1, 0.15) is 16.8 Å². The van der Waals surface area contributed by atoms with Gasteiger partial charge in [-0.15, -0.1) is 11.3 Å². The molecular weight excluding hydrogens is 258 g/mol. The van der Waals surface area contributed by atoms with Gasteiger partial charge in [-0.25, -0.2) is 4.98 Å². The lowest BCUT2D eigenvalue weighted by Crippen LogP contribution is -1.93. The normalized spacial score (nSPS) is 14.0. The maximum Gasteiger partial charge on any atom is 0.219 e. The van der Waals surface area contributed by atoms with Crippen molar-refractivity contribution < 1.29 is 4.74 Å². The molecule has 0 amide bonds. The van der Waals surface area contributed by atoms with Crippen molar-refractivity contribution in [1.82, 2.24) is 9.97 Å². The number of nitrogen functional groups attached to an aromatic ring is 1. The highest BCUT2D eigenvalue weighted by atomic mass is 32.1. The van der Waals surface area contributed by atoms with Gasteiger partial charge in [-0.05, 0) is 25.5 Å². The Balaban J connectivity index is 2.29. The van der Waals surface area contributed by atoms with Crippen molar-refractivity contribution in [3.8, 4) is 5.88 Å². The third-order valence-electron chi connectivity index (χ3n) is 3.59. The van der Waals surface area contributed by atoms with Crippen LogP contribution in [0.5, 0.6) is 5.88 Å². The Labute approximate surface area is 114 Å². The van der Waals surface area contributed by atoms with Gasteiger partial charge in [0.1, 0.15) is 10.6 Å². The SMILES string of the molecule is Cc1cc(C)c2c(n1)sc1c(N)nc3c(c12)CCO3. The summed E-state index contributed by atoms with van der Waals surface area (Å²) in [7, 11) is 0. The Hall–Kier alpha value is -1.88. The highest BCUT2D eigenvalue weighted by Gasteiger charge is 2.23. The highest BCUT2D eigenvalue weighted by molar-refractivity contribution is 7.26. The first kappa shape index (κ1) is 11.0. The van der Waals surface area contributed by atoms with Gasteiger partial charge >= 0.3 is 0 Å². The van der Waals surface area contributed by atoms with E-state index in [9.17, 15) is 0 Å². The molecule has 4 nitrogen and oxygen atoms in total. The molecule has 0 saturated carbocycles. The number of aromatic nitrogens is 2. The predicted molar refractivity (Wildman–Crippen MR) is 78.0 cm³/mol. The molecular formula is C14H13N3OS. The minimum Gasteiger partial charge on any atom is -0.477 e. The summed E-state index contributed by atoms with van der Waals surface area (Å²) in [6, 6.07) is 2.12. The van der Waals surface area contributed by atoms with Crippen LogP contribution in [0, 0.1) is 13.8 Å². The first-order valence-corrected chi connectivity index (χ1v) is 7.08. The number of pyridine rings is 2. The van der Waals surface area contributed by atoms with Crippen LogP contribution in [0.3, 0.4) is 0 Å². The topological polar surface area (TPSA) is 61.0 Å². The lowest BCUT2D eigenvalue weighted by atomic mass is 10.0. The molecule has 3 aromatic heterocycles. The van der Waals surface area contributed by atoms with E-state index in [0.717, 1.165) is 21.6 Å². The molecule has 19 heavy (non-hydrogen) atoms. The summed E-state index contributed by atoms with van der Waals surface area (Å²) in [5.41, 5.74) is 9.54. The largest absolute Gasteiger partial charge is 0.477 e. The molecule has 0 bridgehead atoms. The van der Waals surface area contributed by atoms with Crippen LogP contribution in [0.15, 0.2) is 6.07 Å². The molecule has 1 aliphatic rings. The molecule has 1 aliphatic heterocycles. The maximum absolute atomic E-state index is 6.07. The monoisotopic (exact) mass is 271 g/mol. The smallest absolute Gasteiger partial charge is 0.219 e. The van der Waals surface area contributed by atoms with Crippen LogP contribution >= 0.6 is 11.3 Å². The molecule has 96 valence electrons. The molecule has 0 spiro atoms. The minimum atomic E-state index is 0.552.